The summed E-state index contributed by atoms with van der Waals surface area (Å²) in [5.74, 6) is 0.423. The zero-order valence-electron chi connectivity index (χ0n) is 31.8. The maximum absolute atomic E-state index is 12.2. The van der Waals surface area contributed by atoms with Crippen molar-refractivity contribution in [1.29, 1.82) is 15.8 Å². The van der Waals surface area contributed by atoms with Gasteiger partial charge in [0.25, 0.3) is 0 Å². The quantitative estimate of drug-likeness (QED) is 0.162. The lowest BCUT2D eigenvalue weighted by Crippen LogP contribution is -2.27. The van der Waals surface area contributed by atoms with Gasteiger partial charge in [-0.15, -0.1) is 0 Å². The lowest BCUT2D eigenvalue weighted by molar-refractivity contribution is -0.121. The Morgan fingerprint density at radius 1 is 1.04 bits per heavy atom. The van der Waals surface area contributed by atoms with Gasteiger partial charge in [-0.25, -0.2) is 0 Å². The molecule has 2 heterocycles. The van der Waals surface area contributed by atoms with Crippen LogP contribution in [0.4, 0.5) is 5.69 Å². The van der Waals surface area contributed by atoms with Crippen LogP contribution in [0.5, 0.6) is 0 Å². The van der Waals surface area contributed by atoms with Crippen molar-refractivity contribution < 1.29 is 9.53 Å². The van der Waals surface area contributed by atoms with Gasteiger partial charge in [0.1, 0.15) is 29.4 Å². The normalized spacial score (nSPS) is 20.9. The molecule has 0 saturated heterocycles. The number of benzene rings is 1. The average Bonchev–Trinajstić information content (AvgIpc) is 3.47. The molecule has 1 unspecified atom stereocenters. The minimum Gasteiger partial charge on any atom is -0.480 e. The Morgan fingerprint density at radius 2 is 1.75 bits per heavy atom. The van der Waals surface area contributed by atoms with Crippen molar-refractivity contribution >= 4 is 23.2 Å². The molecule has 4 rings (SSSR count). The zero-order chi connectivity index (χ0) is 38.3. The fraction of sp³-hybridized carbons (Fsp3) is 0.488. The third kappa shape index (κ3) is 8.90. The molecule has 0 fully saturated rings. The number of nitriles is 3. The predicted octanol–water partition coefficient (Wildman–Crippen LogP) is 9.06. The number of fused-ring (bicyclic) bond motifs is 1. The van der Waals surface area contributed by atoms with E-state index in [0.717, 1.165) is 56.2 Å². The number of rotatable bonds is 12. The number of nitrogens with two attached hydrogens (primary N) is 1. The molecule has 0 spiro atoms. The summed E-state index contributed by atoms with van der Waals surface area (Å²) in [4.78, 5) is 14.6. The molecule has 1 aromatic carbocycles. The van der Waals surface area contributed by atoms with Crippen LogP contribution in [-0.4, -0.2) is 31.1 Å². The Labute approximate surface area is 315 Å². The SMILES string of the molecule is CC1(C)OC(=C(C#N)C#N)C(C#N)=C1/C=C/C1=C(Cl)C(=C/C=C2/N(CCCCCC(=O)NCCCN)c3ccccc3C2(C)C)/CC(C(C)(C)C)C1. The van der Waals surface area contributed by atoms with Gasteiger partial charge in [0.2, 0.25) is 5.91 Å². The number of halogens is 1. The molecule has 1 aromatic rings. The molecule has 52 heavy (non-hydrogen) atoms. The van der Waals surface area contributed by atoms with E-state index < -0.39 is 5.60 Å². The van der Waals surface area contributed by atoms with E-state index >= 15 is 0 Å². The molecule has 2 aliphatic heterocycles. The van der Waals surface area contributed by atoms with Gasteiger partial charge in [-0.3, -0.25) is 4.79 Å². The maximum Gasteiger partial charge on any atom is 0.219 e. The molecule has 0 radical (unpaired) electrons. The number of nitrogens with zero attached hydrogens (tertiary/aromatic N) is 4. The Morgan fingerprint density at radius 3 is 2.40 bits per heavy atom. The number of unbranched alkanes of at least 4 members (excludes halogenated alkanes) is 2. The van der Waals surface area contributed by atoms with Crippen molar-refractivity contribution in [2.45, 2.75) is 104 Å². The molecule has 0 aromatic heterocycles. The molecule has 274 valence electrons. The summed E-state index contributed by atoms with van der Waals surface area (Å²) < 4.78 is 5.99. The summed E-state index contributed by atoms with van der Waals surface area (Å²) in [6.07, 6.45) is 13.9. The first-order valence-electron chi connectivity index (χ1n) is 18.3. The molecule has 8 nitrogen and oxygen atoms in total. The summed E-state index contributed by atoms with van der Waals surface area (Å²) in [7, 11) is 0. The topological polar surface area (TPSA) is 139 Å². The van der Waals surface area contributed by atoms with Crippen LogP contribution < -0.4 is 16.0 Å². The second-order valence-electron chi connectivity index (χ2n) is 15.9. The van der Waals surface area contributed by atoms with Crippen molar-refractivity contribution in [3.63, 3.8) is 0 Å². The van der Waals surface area contributed by atoms with E-state index in [4.69, 9.17) is 22.1 Å². The molecule has 3 N–H and O–H groups in total. The van der Waals surface area contributed by atoms with Gasteiger partial charge >= 0.3 is 0 Å². The van der Waals surface area contributed by atoms with Gasteiger partial charge in [-0.05, 0) is 92.7 Å². The Hall–Kier alpha value is -4.55. The van der Waals surface area contributed by atoms with Crippen molar-refractivity contribution in [1.82, 2.24) is 5.32 Å². The standard InChI is InChI=1S/C43H53ClN6O2/c1-41(2,3)32-24-29(17-19-34-33(28-48)40(31(26-46)27-47)52-43(34,6)7)39(44)30(25-32)18-20-37-42(4,5)35-14-10-11-15-36(35)50(37)23-12-8-9-16-38(51)49-22-13-21-45/h10-11,14-15,17-20,32H,8-9,12-13,16,21-25,45H2,1-7H3,(H,49,51)/b19-17+,30-18+,37-20+. The average molecular weight is 721 g/mol. The van der Waals surface area contributed by atoms with Crippen molar-refractivity contribution in [2.75, 3.05) is 24.5 Å². The van der Waals surface area contributed by atoms with E-state index in [1.807, 2.05) is 38.1 Å². The first-order chi connectivity index (χ1) is 24.6. The van der Waals surface area contributed by atoms with E-state index in [2.05, 4.69) is 87.3 Å². The summed E-state index contributed by atoms with van der Waals surface area (Å²) in [5.41, 5.74) is 10.7. The number of hydrogen-bond donors (Lipinski definition) is 2. The van der Waals surface area contributed by atoms with E-state index in [1.54, 1.807) is 0 Å². The Bertz CT molecular complexity index is 1850. The van der Waals surface area contributed by atoms with Crippen LogP contribution >= 0.6 is 11.6 Å². The number of para-hydroxylation sites is 1. The van der Waals surface area contributed by atoms with Crippen molar-refractivity contribution in [2.24, 2.45) is 17.1 Å². The summed E-state index contributed by atoms with van der Waals surface area (Å²) in [5, 5.41) is 32.7. The third-order valence-electron chi connectivity index (χ3n) is 10.5. The van der Waals surface area contributed by atoms with Crippen LogP contribution in [0.1, 0.15) is 99.0 Å². The predicted molar refractivity (Wildman–Crippen MR) is 208 cm³/mol. The second kappa shape index (κ2) is 16.9. The van der Waals surface area contributed by atoms with Crippen LogP contribution in [0.3, 0.4) is 0 Å². The highest BCUT2D eigenvalue weighted by molar-refractivity contribution is 6.32. The molecule has 1 atom stereocenters. The molecule has 1 aliphatic carbocycles. The largest absolute Gasteiger partial charge is 0.480 e. The smallest absolute Gasteiger partial charge is 0.219 e. The lowest BCUT2D eigenvalue weighted by Gasteiger charge is -2.36. The number of anilines is 1. The minimum atomic E-state index is -0.909. The number of allylic oxidation sites excluding steroid dienone is 9. The van der Waals surface area contributed by atoms with Gasteiger partial charge in [0.05, 0.1) is 0 Å². The summed E-state index contributed by atoms with van der Waals surface area (Å²) >= 11 is 7.25. The van der Waals surface area contributed by atoms with Crippen LogP contribution in [0.2, 0.25) is 0 Å². The zero-order valence-corrected chi connectivity index (χ0v) is 32.6. The van der Waals surface area contributed by atoms with Crippen LogP contribution in [-0.2, 0) is 14.9 Å². The van der Waals surface area contributed by atoms with E-state index in [1.165, 1.54) is 16.9 Å². The van der Waals surface area contributed by atoms with Gasteiger partial charge in [0, 0.05) is 46.9 Å². The van der Waals surface area contributed by atoms with E-state index in [-0.39, 0.29) is 33.6 Å². The van der Waals surface area contributed by atoms with Crippen LogP contribution in [0.25, 0.3) is 0 Å². The molecule has 3 aliphatic rings. The highest BCUT2D eigenvalue weighted by Crippen LogP contribution is 2.49. The molecular weight excluding hydrogens is 668 g/mol. The molecule has 1 amide bonds. The monoisotopic (exact) mass is 720 g/mol. The van der Waals surface area contributed by atoms with Gasteiger partial charge < -0.3 is 20.7 Å². The van der Waals surface area contributed by atoms with Crippen LogP contribution in [0.15, 0.2) is 92.9 Å². The number of ether oxygens (including phenoxy) is 1. The summed E-state index contributed by atoms with van der Waals surface area (Å²) in [6, 6.07) is 14.5. The van der Waals surface area contributed by atoms with E-state index in [9.17, 15) is 20.6 Å². The lowest BCUT2D eigenvalue weighted by atomic mass is 9.70. The summed E-state index contributed by atoms with van der Waals surface area (Å²) in [6.45, 7) is 17.0. The number of amides is 1. The van der Waals surface area contributed by atoms with Crippen molar-refractivity contribution in [3.8, 4) is 18.2 Å². The Kier molecular flexibility index (Phi) is 13.0. The first-order valence-corrected chi connectivity index (χ1v) is 18.7. The first kappa shape index (κ1) is 40.2. The maximum atomic E-state index is 12.2. The van der Waals surface area contributed by atoms with Gasteiger partial charge in [0.15, 0.2) is 11.3 Å². The van der Waals surface area contributed by atoms with Gasteiger partial charge in [-0.1, -0.05) is 89.1 Å². The second-order valence-corrected chi connectivity index (χ2v) is 16.3. The fourth-order valence-corrected chi connectivity index (χ4v) is 7.54. The minimum absolute atomic E-state index is 0.0103. The number of nitrogens with one attached hydrogen (secondary N) is 1. The number of carbonyl (C=O) groups is 1. The fourth-order valence-electron chi connectivity index (χ4n) is 7.26. The third-order valence-corrected chi connectivity index (χ3v) is 11.0. The number of hydrogen-bond acceptors (Lipinski definition) is 7. The van der Waals surface area contributed by atoms with Crippen molar-refractivity contribution in [3.05, 3.63) is 98.5 Å². The van der Waals surface area contributed by atoms with Gasteiger partial charge in [-0.2, -0.15) is 15.8 Å². The van der Waals surface area contributed by atoms with E-state index in [0.29, 0.717) is 36.0 Å². The number of carbonyl (C=O) groups excluding carboxylic acids is 1. The highest BCUT2D eigenvalue weighted by Gasteiger charge is 2.41. The molecule has 0 bridgehead atoms. The highest BCUT2D eigenvalue weighted by atomic mass is 35.5. The molecule has 0 saturated carbocycles. The Balaban J connectivity index is 1.68. The molecule has 9 heteroatoms. The van der Waals surface area contributed by atoms with Crippen LogP contribution in [0, 0.1) is 45.3 Å². The molecular formula is C43H53ClN6O2.